The first-order chi connectivity index (χ1) is 15.8. The molecule has 3 rings (SSSR count). The molecule has 9 nitrogen and oxygen atoms in total. The van der Waals surface area contributed by atoms with Gasteiger partial charge in [-0.2, -0.15) is 0 Å². The number of carbonyl (C=O) groups excluding carboxylic acids is 2. The molecule has 1 saturated heterocycles. The summed E-state index contributed by atoms with van der Waals surface area (Å²) >= 11 is 0. The number of nitrogens with one attached hydrogen (secondary N) is 3. The summed E-state index contributed by atoms with van der Waals surface area (Å²) in [6.45, 7) is 4.57. The normalized spacial score (nSPS) is 18.4. The van der Waals surface area contributed by atoms with Crippen LogP contribution in [0, 0.1) is 12.8 Å². The van der Waals surface area contributed by atoms with Gasteiger partial charge < -0.3 is 31.2 Å². The van der Waals surface area contributed by atoms with Crippen molar-refractivity contribution < 1.29 is 19.1 Å². The zero-order chi connectivity index (χ0) is 24.0. The molecule has 2 heterocycles. The van der Waals surface area contributed by atoms with Crippen LogP contribution in [0.5, 0.6) is 11.5 Å². The topological polar surface area (TPSA) is 128 Å². The highest BCUT2D eigenvalue weighted by Gasteiger charge is 2.31. The van der Waals surface area contributed by atoms with Gasteiger partial charge >= 0.3 is 0 Å². The standard InChI is InChI=1S/C24H33N5O4/c1-14-18(5-6-22(25)28-14)13-27-23(30)15(2)29-24(31)21-10-17(12-26-21)7-16-8-19(32-3)11-20(9-16)33-4/h5-6,8-9,11,15,17,21,26H,7,10,12-13H2,1-4H3,(H2,25,28)(H,27,30)(H,29,31)/t15-,17-,21+/m0/s1. The summed E-state index contributed by atoms with van der Waals surface area (Å²) in [5.74, 6) is 1.80. The zero-order valence-electron chi connectivity index (χ0n) is 19.6. The number of carbonyl (C=O) groups is 2. The van der Waals surface area contributed by atoms with Gasteiger partial charge in [-0.15, -0.1) is 0 Å². The molecule has 2 aromatic rings. The summed E-state index contributed by atoms with van der Waals surface area (Å²) in [6.07, 6.45) is 1.49. The maximum Gasteiger partial charge on any atom is 0.242 e. The number of aromatic nitrogens is 1. The third-order valence-corrected chi connectivity index (χ3v) is 5.90. The van der Waals surface area contributed by atoms with Gasteiger partial charge in [-0.05, 0) is 68.5 Å². The number of methoxy groups -OCH3 is 2. The molecule has 1 aliphatic heterocycles. The van der Waals surface area contributed by atoms with Crippen LogP contribution in [0.3, 0.4) is 0 Å². The van der Waals surface area contributed by atoms with E-state index in [1.165, 1.54) is 0 Å². The molecule has 33 heavy (non-hydrogen) atoms. The fourth-order valence-corrected chi connectivity index (χ4v) is 3.99. The lowest BCUT2D eigenvalue weighted by atomic mass is 9.96. The molecule has 1 aromatic carbocycles. The number of amides is 2. The molecule has 0 bridgehead atoms. The summed E-state index contributed by atoms with van der Waals surface area (Å²) in [5.41, 5.74) is 8.40. The lowest BCUT2D eigenvalue weighted by Crippen LogP contribution is -2.50. The summed E-state index contributed by atoms with van der Waals surface area (Å²) in [4.78, 5) is 29.4. The molecule has 0 aliphatic carbocycles. The Morgan fingerprint density at radius 3 is 2.55 bits per heavy atom. The van der Waals surface area contributed by atoms with E-state index in [2.05, 4.69) is 20.9 Å². The molecule has 2 amide bonds. The Morgan fingerprint density at radius 1 is 1.21 bits per heavy atom. The number of nitrogen functional groups attached to an aromatic ring is 1. The highest BCUT2D eigenvalue weighted by atomic mass is 16.5. The van der Waals surface area contributed by atoms with Crippen molar-refractivity contribution in [2.75, 3.05) is 26.5 Å². The van der Waals surface area contributed by atoms with E-state index in [9.17, 15) is 9.59 Å². The third-order valence-electron chi connectivity index (χ3n) is 5.90. The Labute approximate surface area is 194 Å². The van der Waals surface area contributed by atoms with E-state index >= 15 is 0 Å². The highest BCUT2D eigenvalue weighted by molar-refractivity contribution is 5.89. The number of ether oxygens (including phenoxy) is 2. The van der Waals surface area contributed by atoms with Crippen molar-refractivity contribution in [3.05, 3.63) is 47.2 Å². The van der Waals surface area contributed by atoms with E-state index in [1.54, 1.807) is 27.2 Å². The van der Waals surface area contributed by atoms with Crippen molar-refractivity contribution in [2.24, 2.45) is 5.92 Å². The van der Waals surface area contributed by atoms with Gasteiger partial charge in [-0.3, -0.25) is 9.59 Å². The lowest BCUT2D eigenvalue weighted by Gasteiger charge is -2.17. The van der Waals surface area contributed by atoms with Gasteiger partial charge in [0.05, 0.1) is 20.3 Å². The van der Waals surface area contributed by atoms with Gasteiger partial charge in [0.1, 0.15) is 23.4 Å². The van der Waals surface area contributed by atoms with E-state index in [0.717, 1.165) is 41.3 Å². The summed E-state index contributed by atoms with van der Waals surface area (Å²) in [5, 5.41) is 8.93. The minimum Gasteiger partial charge on any atom is -0.497 e. The maximum absolute atomic E-state index is 12.7. The molecule has 178 valence electrons. The van der Waals surface area contributed by atoms with Crippen molar-refractivity contribution in [1.82, 2.24) is 20.9 Å². The van der Waals surface area contributed by atoms with Gasteiger partial charge in [-0.1, -0.05) is 6.07 Å². The molecule has 0 spiro atoms. The average molecular weight is 456 g/mol. The summed E-state index contributed by atoms with van der Waals surface area (Å²) in [6, 6.07) is 8.36. The van der Waals surface area contributed by atoms with Crippen LogP contribution in [0.15, 0.2) is 30.3 Å². The minimum atomic E-state index is -0.650. The van der Waals surface area contributed by atoms with Crippen molar-refractivity contribution in [3.63, 3.8) is 0 Å². The van der Waals surface area contributed by atoms with Crippen LogP contribution in [0.1, 0.15) is 30.2 Å². The first kappa shape index (κ1) is 24.3. The Hall–Kier alpha value is -3.33. The second kappa shape index (κ2) is 11.0. The Kier molecular flexibility index (Phi) is 8.11. The van der Waals surface area contributed by atoms with Gasteiger partial charge in [0.2, 0.25) is 11.8 Å². The van der Waals surface area contributed by atoms with Gasteiger partial charge in [0, 0.05) is 18.3 Å². The first-order valence-electron chi connectivity index (χ1n) is 11.0. The Balaban J connectivity index is 1.48. The van der Waals surface area contributed by atoms with Crippen LogP contribution >= 0.6 is 0 Å². The number of hydrogen-bond donors (Lipinski definition) is 4. The number of aryl methyl sites for hydroxylation is 1. The number of pyridine rings is 1. The molecule has 0 radical (unpaired) electrons. The molecule has 1 fully saturated rings. The highest BCUT2D eigenvalue weighted by Crippen LogP contribution is 2.26. The van der Waals surface area contributed by atoms with Crippen LogP contribution in [0.25, 0.3) is 0 Å². The van der Waals surface area contributed by atoms with Gasteiger partial charge in [0.25, 0.3) is 0 Å². The SMILES string of the molecule is COc1cc(C[C@@H]2CN[C@@H](C(=O)N[C@@H](C)C(=O)NCc3ccc(N)nc3C)C2)cc(OC)c1. The summed E-state index contributed by atoms with van der Waals surface area (Å²) in [7, 11) is 3.25. The van der Waals surface area contributed by atoms with E-state index in [-0.39, 0.29) is 17.9 Å². The van der Waals surface area contributed by atoms with Gasteiger partial charge in [0.15, 0.2) is 0 Å². The molecule has 9 heteroatoms. The number of nitrogens with two attached hydrogens (primary N) is 1. The fourth-order valence-electron chi connectivity index (χ4n) is 3.99. The number of benzene rings is 1. The number of nitrogens with zero attached hydrogens (tertiary/aromatic N) is 1. The van der Waals surface area contributed by atoms with E-state index in [1.807, 2.05) is 31.2 Å². The van der Waals surface area contributed by atoms with E-state index in [0.29, 0.717) is 24.7 Å². The largest absolute Gasteiger partial charge is 0.497 e. The molecule has 1 aromatic heterocycles. The number of hydrogen-bond acceptors (Lipinski definition) is 7. The van der Waals surface area contributed by atoms with E-state index < -0.39 is 6.04 Å². The predicted molar refractivity (Wildman–Crippen MR) is 126 cm³/mol. The zero-order valence-corrected chi connectivity index (χ0v) is 19.6. The Bertz CT molecular complexity index is 975. The minimum absolute atomic E-state index is 0.172. The molecule has 5 N–H and O–H groups in total. The lowest BCUT2D eigenvalue weighted by molar-refractivity contribution is -0.129. The second-order valence-electron chi connectivity index (χ2n) is 8.42. The van der Waals surface area contributed by atoms with Crippen molar-refractivity contribution in [1.29, 1.82) is 0 Å². The van der Waals surface area contributed by atoms with Crippen LogP contribution < -0.4 is 31.2 Å². The fraction of sp³-hybridized carbons (Fsp3) is 0.458. The van der Waals surface area contributed by atoms with Crippen LogP contribution in [0.2, 0.25) is 0 Å². The maximum atomic E-state index is 12.7. The second-order valence-corrected chi connectivity index (χ2v) is 8.42. The molecule has 3 atom stereocenters. The molecule has 0 saturated carbocycles. The smallest absolute Gasteiger partial charge is 0.242 e. The molecular weight excluding hydrogens is 422 g/mol. The Morgan fingerprint density at radius 2 is 1.91 bits per heavy atom. The van der Waals surface area contributed by atoms with E-state index in [4.69, 9.17) is 15.2 Å². The average Bonchev–Trinajstić information content (AvgIpc) is 3.26. The van der Waals surface area contributed by atoms with Crippen LogP contribution in [-0.4, -0.2) is 49.6 Å². The quantitative estimate of drug-likeness (QED) is 0.449. The van der Waals surface area contributed by atoms with Crippen LogP contribution in [0.4, 0.5) is 5.82 Å². The third kappa shape index (κ3) is 6.58. The number of rotatable bonds is 9. The first-order valence-corrected chi connectivity index (χ1v) is 11.0. The van der Waals surface area contributed by atoms with Crippen molar-refractivity contribution in [2.45, 2.75) is 45.3 Å². The van der Waals surface area contributed by atoms with Crippen LogP contribution in [-0.2, 0) is 22.6 Å². The van der Waals surface area contributed by atoms with Crippen molar-refractivity contribution in [3.8, 4) is 11.5 Å². The number of anilines is 1. The molecular formula is C24H33N5O4. The summed E-state index contributed by atoms with van der Waals surface area (Å²) < 4.78 is 10.7. The monoisotopic (exact) mass is 455 g/mol. The molecule has 1 aliphatic rings. The molecule has 0 unspecified atom stereocenters. The van der Waals surface area contributed by atoms with Crippen molar-refractivity contribution >= 4 is 17.6 Å². The predicted octanol–water partition coefficient (Wildman–Crippen LogP) is 1.33. The van der Waals surface area contributed by atoms with Gasteiger partial charge in [-0.25, -0.2) is 4.98 Å².